The molecule has 3 N–H and O–H groups in total. The van der Waals surface area contributed by atoms with Crippen LogP contribution in [0, 0.1) is 22.0 Å². The van der Waals surface area contributed by atoms with Gasteiger partial charge in [0, 0.05) is 6.20 Å². The van der Waals surface area contributed by atoms with Crippen molar-refractivity contribution in [2.45, 2.75) is 6.61 Å². The molecule has 0 fully saturated rings. The third-order valence-corrected chi connectivity index (χ3v) is 2.92. The van der Waals surface area contributed by atoms with Gasteiger partial charge in [0.15, 0.2) is 0 Å². The quantitative estimate of drug-likeness (QED) is 0.502. The van der Waals surface area contributed by atoms with Crippen molar-refractivity contribution in [3.63, 3.8) is 0 Å². The van der Waals surface area contributed by atoms with E-state index in [1.807, 2.05) is 30.3 Å². The van der Waals surface area contributed by atoms with E-state index in [0.717, 1.165) is 11.8 Å². The molecule has 0 unspecified atom stereocenters. The average Bonchev–Trinajstić information content (AvgIpc) is 2.58. The highest BCUT2D eigenvalue weighted by Gasteiger charge is 2.13. The van der Waals surface area contributed by atoms with Gasteiger partial charge >= 0.3 is 11.8 Å². The van der Waals surface area contributed by atoms with Gasteiger partial charge in [0.25, 0.3) is 0 Å². The number of nitrogen functional groups attached to an aromatic ring is 1. The van der Waals surface area contributed by atoms with Gasteiger partial charge in [0.2, 0.25) is 0 Å². The summed E-state index contributed by atoms with van der Waals surface area (Å²) >= 11 is 0. The lowest BCUT2D eigenvalue weighted by Crippen LogP contribution is -2.24. The van der Waals surface area contributed by atoms with Gasteiger partial charge in [-0.1, -0.05) is 42.2 Å². The monoisotopic (exact) mass is 326 g/mol. The molecule has 0 aliphatic rings. The number of alkyl carbamates (subject to hydrolysis) is 1. The third-order valence-electron chi connectivity index (χ3n) is 2.92. The van der Waals surface area contributed by atoms with E-state index in [0.29, 0.717) is 0 Å². The van der Waals surface area contributed by atoms with Crippen LogP contribution < -0.4 is 11.1 Å². The standard InChI is InChI=1S/C16H14N4O4/c17-15-13(9-18-10-14(15)20(22)23)7-4-8-19-16(21)24-11-12-5-2-1-3-6-12/h1-3,5-6,9-10H,8,11H2,(H2,17,18)(H,19,21). The summed E-state index contributed by atoms with van der Waals surface area (Å²) in [6, 6.07) is 9.24. The molecule has 0 bridgehead atoms. The topological polar surface area (TPSA) is 120 Å². The fourth-order valence-corrected chi connectivity index (χ4v) is 1.73. The summed E-state index contributed by atoms with van der Waals surface area (Å²) in [7, 11) is 0. The number of aromatic nitrogens is 1. The number of hydrogen-bond acceptors (Lipinski definition) is 6. The van der Waals surface area contributed by atoms with Crippen molar-refractivity contribution >= 4 is 17.5 Å². The molecule has 0 saturated heterocycles. The lowest BCUT2D eigenvalue weighted by Gasteiger charge is -2.04. The van der Waals surface area contributed by atoms with Crippen LogP contribution in [0.4, 0.5) is 16.2 Å². The van der Waals surface area contributed by atoms with Crippen LogP contribution in [-0.4, -0.2) is 22.5 Å². The van der Waals surface area contributed by atoms with Crippen LogP contribution in [-0.2, 0) is 11.3 Å². The van der Waals surface area contributed by atoms with Crippen LogP contribution in [0.1, 0.15) is 11.1 Å². The number of rotatable bonds is 4. The Labute approximate surface area is 137 Å². The van der Waals surface area contributed by atoms with Crippen molar-refractivity contribution in [3.8, 4) is 11.8 Å². The first kappa shape index (κ1) is 16.8. The van der Waals surface area contributed by atoms with E-state index in [4.69, 9.17) is 10.5 Å². The third kappa shape index (κ3) is 4.71. The lowest BCUT2D eigenvalue weighted by atomic mass is 10.2. The van der Waals surface area contributed by atoms with Gasteiger partial charge in [0.1, 0.15) is 18.5 Å². The molecule has 2 aromatic rings. The molecule has 24 heavy (non-hydrogen) atoms. The molecule has 8 nitrogen and oxygen atoms in total. The predicted octanol–water partition coefficient (Wildman–Crippen LogP) is 1.85. The zero-order valence-electron chi connectivity index (χ0n) is 12.6. The Morgan fingerprint density at radius 2 is 2.08 bits per heavy atom. The molecular formula is C16H14N4O4. The van der Waals surface area contributed by atoms with E-state index in [-0.39, 0.29) is 30.1 Å². The Hall–Kier alpha value is -3.60. The van der Waals surface area contributed by atoms with Gasteiger partial charge in [0.05, 0.1) is 17.0 Å². The molecule has 0 saturated carbocycles. The number of carbonyl (C=O) groups is 1. The molecule has 1 amide bonds. The predicted molar refractivity (Wildman–Crippen MR) is 86.8 cm³/mol. The summed E-state index contributed by atoms with van der Waals surface area (Å²) in [4.78, 5) is 25.3. The van der Waals surface area contributed by atoms with Gasteiger partial charge < -0.3 is 15.8 Å². The van der Waals surface area contributed by atoms with Crippen molar-refractivity contribution < 1.29 is 14.5 Å². The van der Waals surface area contributed by atoms with Crippen LogP contribution in [0.15, 0.2) is 42.7 Å². The van der Waals surface area contributed by atoms with E-state index < -0.39 is 11.0 Å². The number of nitro groups is 1. The van der Waals surface area contributed by atoms with Crippen LogP contribution in [0.3, 0.4) is 0 Å². The Bertz CT molecular complexity index is 797. The highest BCUT2D eigenvalue weighted by atomic mass is 16.6. The molecule has 2 rings (SSSR count). The Morgan fingerprint density at radius 1 is 1.33 bits per heavy atom. The summed E-state index contributed by atoms with van der Waals surface area (Å²) in [5, 5.41) is 13.2. The van der Waals surface area contributed by atoms with E-state index in [9.17, 15) is 14.9 Å². The number of carbonyl (C=O) groups excluding carboxylic acids is 1. The smallest absolute Gasteiger partial charge is 0.408 e. The maximum atomic E-state index is 11.5. The van der Waals surface area contributed by atoms with Crippen molar-refractivity contribution in [2.75, 3.05) is 12.3 Å². The first-order chi connectivity index (χ1) is 11.6. The van der Waals surface area contributed by atoms with Crippen molar-refractivity contribution in [3.05, 3.63) is 64.0 Å². The number of anilines is 1. The number of hydrogen-bond donors (Lipinski definition) is 2. The SMILES string of the molecule is Nc1c(C#CCNC(=O)OCc2ccccc2)cncc1[N+](=O)[O-]. The fraction of sp³-hybridized carbons (Fsp3) is 0.125. The number of ether oxygens (including phenoxy) is 1. The van der Waals surface area contributed by atoms with Crippen molar-refractivity contribution in [1.29, 1.82) is 0 Å². The highest BCUT2D eigenvalue weighted by molar-refractivity contribution is 5.68. The molecule has 0 spiro atoms. The molecule has 1 aromatic carbocycles. The second-order valence-electron chi connectivity index (χ2n) is 4.59. The van der Waals surface area contributed by atoms with Crippen LogP contribution >= 0.6 is 0 Å². The van der Waals surface area contributed by atoms with Gasteiger partial charge in [-0.2, -0.15) is 0 Å². The summed E-state index contributed by atoms with van der Waals surface area (Å²) in [5.41, 5.74) is 6.37. The van der Waals surface area contributed by atoms with Crippen molar-refractivity contribution in [1.82, 2.24) is 10.3 Å². The summed E-state index contributed by atoms with van der Waals surface area (Å²) < 4.78 is 5.01. The lowest BCUT2D eigenvalue weighted by molar-refractivity contribution is -0.384. The number of nitrogens with two attached hydrogens (primary N) is 1. The van der Waals surface area contributed by atoms with E-state index in [2.05, 4.69) is 22.1 Å². The maximum absolute atomic E-state index is 11.5. The molecular weight excluding hydrogens is 312 g/mol. The van der Waals surface area contributed by atoms with E-state index in [1.165, 1.54) is 6.20 Å². The summed E-state index contributed by atoms with van der Waals surface area (Å²) in [6.07, 6.45) is 1.77. The second kappa shape index (κ2) is 8.14. The highest BCUT2D eigenvalue weighted by Crippen LogP contribution is 2.22. The number of benzene rings is 1. The molecule has 1 aromatic heterocycles. The summed E-state index contributed by atoms with van der Waals surface area (Å²) in [5.74, 6) is 5.26. The molecule has 0 radical (unpaired) electrons. The van der Waals surface area contributed by atoms with E-state index in [1.54, 1.807) is 0 Å². The Balaban J connectivity index is 1.84. The number of nitrogens with one attached hydrogen (secondary N) is 1. The number of pyridine rings is 1. The molecule has 8 heteroatoms. The van der Waals surface area contributed by atoms with Gasteiger partial charge in [-0.05, 0) is 5.56 Å². The fourth-order valence-electron chi connectivity index (χ4n) is 1.73. The zero-order chi connectivity index (χ0) is 17.4. The average molecular weight is 326 g/mol. The van der Waals surface area contributed by atoms with Crippen LogP contribution in [0.2, 0.25) is 0 Å². The van der Waals surface area contributed by atoms with E-state index >= 15 is 0 Å². The molecule has 0 aliphatic heterocycles. The molecule has 122 valence electrons. The number of nitrogens with zero attached hydrogens (tertiary/aromatic N) is 2. The maximum Gasteiger partial charge on any atom is 0.408 e. The number of amides is 1. The molecule has 0 aliphatic carbocycles. The van der Waals surface area contributed by atoms with Gasteiger partial charge in [-0.3, -0.25) is 15.1 Å². The normalized spacial score (nSPS) is 9.50. The van der Waals surface area contributed by atoms with Crippen LogP contribution in [0.5, 0.6) is 0 Å². The largest absolute Gasteiger partial charge is 0.445 e. The Morgan fingerprint density at radius 3 is 2.79 bits per heavy atom. The molecule has 1 heterocycles. The minimum absolute atomic E-state index is 0.00968. The van der Waals surface area contributed by atoms with Crippen LogP contribution in [0.25, 0.3) is 0 Å². The Kier molecular flexibility index (Phi) is 5.69. The summed E-state index contributed by atoms with van der Waals surface area (Å²) in [6.45, 7) is 0.164. The minimum atomic E-state index is -0.632. The minimum Gasteiger partial charge on any atom is -0.445 e. The zero-order valence-corrected chi connectivity index (χ0v) is 12.6. The second-order valence-corrected chi connectivity index (χ2v) is 4.59. The van der Waals surface area contributed by atoms with Crippen molar-refractivity contribution in [2.24, 2.45) is 0 Å². The van der Waals surface area contributed by atoms with Gasteiger partial charge in [-0.25, -0.2) is 4.79 Å². The first-order valence-corrected chi connectivity index (χ1v) is 6.89. The first-order valence-electron chi connectivity index (χ1n) is 6.89. The van der Waals surface area contributed by atoms with Gasteiger partial charge in [-0.15, -0.1) is 0 Å². The molecule has 0 atom stereocenters.